The summed E-state index contributed by atoms with van der Waals surface area (Å²) in [6.45, 7) is 0. The van der Waals surface area contributed by atoms with Crippen molar-refractivity contribution in [2.45, 2.75) is 16.7 Å². The quantitative estimate of drug-likeness (QED) is 0.219. The molecule has 0 aliphatic carbocycles. The minimum absolute atomic E-state index is 0.0533. The summed E-state index contributed by atoms with van der Waals surface area (Å²) in [6, 6.07) is 27.1. The van der Waals surface area contributed by atoms with Crippen molar-refractivity contribution in [3.8, 4) is 34.2 Å². The number of imide groups is 1. The SMILES string of the molecule is COC(=O)c1ccc(N2C(=O)CC(Sc3nc(-c4ccccc4)cc(-c4ccc(OC)cc4)c3C#N)C2=O)cc1. The molecule has 9 heteroatoms. The summed E-state index contributed by atoms with van der Waals surface area (Å²) in [5.74, 6) is -0.617. The van der Waals surface area contributed by atoms with Crippen molar-refractivity contribution in [2.75, 3.05) is 19.1 Å². The fraction of sp³-hybridized carbons (Fsp3) is 0.129. The number of benzene rings is 3. The summed E-state index contributed by atoms with van der Waals surface area (Å²) in [7, 11) is 2.86. The van der Waals surface area contributed by atoms with Gasteiger partial charge in [-0.15, -0.1) is 0 Å². The molecule has 0 N–H and O–H groups in total. The zero-order chi connectivity index (χ0) is 28.2. The maximum absolute atomic E-state index is 13.4. The van der Waals surface area contributed by atoms with Gasteiger partial charge >= 0.3 is 5.97 Å². The van der Waals surface area contributed by atoms with Gasteiger partial charge in [0.05, 0.1) is 42.0 Å². The first-order valence-electron chi connectivity index (χ1n) is 12.3. The van der Waals surface area contributed by atoms with Crippen LogP contribution in [0.5, 0.6) is 5.75 Å². The highest BCUT2D eigenvalue weighted by molar-refractivity contribution is 8.00. The number of ether oxygens (including phenoxy) is 2. The van der Waals surface area contributed by atoms with Crippen LogP contribution in [0.1, 0.15) is 22.3 Å². The molecule has 0 spiro atoms. The summed E-state index contributed by atoms with van der Waals surface area (Å²) in [5.41, 5.74) is 3.92. The molecular formula is C31H23N3O5S. The minimum Gasteiger partial charge on any atom is -0.497 e. The topological polar surface area (TPSA) is 110 Å². The molecule has 3 aromatic carbocycles. The van der Waals surface area contributed by atoms with E-state index < -0.39 is 17.1 Å². The number of pyridine rings is 1. The van der Waals surface area contributed by atoms with Crippen molar-refractivity contribution in [1.82, 2.24) is 4.98 Å². The number of nitrogens with zero attached hydrogens (tertiary/aromatic N) is 3. The molecule has 0 radical (unpaired) electrons. The van der Waals surface area contributed by atoms with Crippen molar-refractivity contribution in [3.05, 3.63) is 96.1 Å². The van der Waals surface area contributed by atoms with Gasteiger partial charge in [0.25, 0.3) is 0 Å². The Morgan fingerprint density at radius 3 is 2.30 bits per heavy atom. The van der Waals surface area contributed by atoms with Gasteiger partial charge in [0.1, 0.15) is 16.8 Å². The largest absolute Gasteiger partial charge is 0.497 e. The molecule has 1 atom stereocenters. The molecule has 0 bridgehead atoms. The first-order chi connectivity index (χ1) is 19.4. The number of carbonyl (C=O) groups is 3. The van der Waals surface area contributed by atoms with E-state index in [1.807, 2.05) is 60.7 Å². The number of hydrogen-bond donors (Lipinski definition) is 0. The van der Waals surface area contributed by atoms with E-state index in [1.54, 1.807) is 7.11 Å². The second-order valence-corrected chi connectivity index (χ2v) is 10.0. The third-order valence-corrected chi connectivity index (χ3v) is 7.65. The summed E-state index contributed by atoms with van der Waals surface area (Å²) in [4.78, 5) is 44.1. The third kappa shape index (κ3) is 5.17. The van der Waals surface area contributed by atoms with Gasteiger partial charge in [-0.2, -0.15) is 5.26 Å². The van der Waals surface area contributed by atoms with Crippen LogP contribution in [0.15, 0.2) is 90.0 Å². The Hall–Kier alpha value is -4.94. The number of anilines is 1. The third-order valence-electron chi connectivity index (χ3n) is 6.47. The Balaban J connectivity index is 1.52. The Bertz CT molecular complexity index is 1630. The molecule has 2 heterocycles. The summed E-state index contributed by atoms with van der Waals surface area (Å²) >= 11 is 1.11. The first-order valence-corrected chi connectivity index (χ1v) is 13.2. The van der Waals surface area contributed by atoms with E-state index in [4.69, 9.17) is 14.5 Å². The molecule has 40 heavy (non-hydrogen) atoms. The van der Waals surface area contributed by atoms with Crippen LogP contribution in [0, 0.1) is 11.3 Å². The Labute approximate surface area is 235 Å². The smallest absolute Gasteiger partial charge is 0.337 e. The molecule has 1 unspecified atom stereocenters. The predicted octanol–water partition coefficient (Wildman–Crippen LogP) is 5.51. The second kappa shape index (κ2) is 11.4. The van der Waals surface area contributed by atoms with Crippen molar-refractivity contribution in [2.24, 2.45) is 0 Å². The summed E-state index contributed by atoms with van der Waals surface area (Å²) in [6.07, 6.45) is -0.0533. The predicted molar refractivity (Wildman–Crippen MR) is 151 cm³/mol. The fourth-order valence-electron chi connectivity index (χ4n) is 4.44. The van der Waals surface area contributed by atoms with E-state index in [0.717, 1.165) is 27.8 Å². The van der Waals surface area contributed by atoms with Crippen molar-refractivity contribution >= 4 is 35.2 Å². The van der Waals surface area contributed by atoms with Gasteiger partial charge in [-0.3, -0.25) is 9.59 Å². The molecule has 2 amide bonds. The first kappa shape index (κ1) is 26.7. The standard InChI is InChI=1S/C31H23N3O5S/c1-38-23-14-10-19(11-15-23)24-16-26(20-6-4-3-5-7-20)33-29(25(24)18-32)40-27-17-28(35)34(30(27)36)22-12-8-21(9-13-22)31(37)39-2/h3-16,27H,17H2,1-2H3. The maximum atomic E-state index is 13.4. The number of rotatable bonds is 7. The zero-order valence-corrected chi connectivity index (χ0v) is 22.5. The number of aromatic nitrogens is 1. The van der Waals surface area contributed by atoms with Gasteiger partial charge in [-0.1, -0.05) is 54.2 Å². The number of hydrogen-bond acceptors (Lipinski definition) is 8. The second-order valence-electron chi connectivity index (χ2n) is 8.86. The molecule has 1 aliphatic heterocycles. The van der Waals surface area contributed by atoms with E-state index >= 15 is 0 Å². The van der Waals surface area contributed by atoms with E-state index in [-0.39, 0.29) is 12.3 Å². The molecule has 5 rings (SSSR count). The molecule has 1 aliphatic rings. The van der Waals surface area contributed by atoms with Gasteiger partial charge in [0.2, 0.25) is 11.8 Å². The Kier molecular flexibility index (Phi) is 7.62. The van der Waals surface area contributed by atoms with Gasteiger partial charge in [-0.05, 0) is 48.0 Å². The number of nitriles is 1. The molecule has 1 saturated heterocycles. The highest BCUT2D eigenvalue weighted by Crippen LogP contribution is 2.39. The summed E-state index contributed by atoms with van der Waals surface area (Å²) in [5, 5.41) is 9.80. The Morgan fingerprint density at radius 1 is 0.975 bits per heavy atom. The average Bonchev–Trinajstić information content (AvgIpc) is 3.28. The molecule has 0 saturated carbocycles. The van der Waals surface area contributed by atoms with Crippen LogP contribution in [0.3, 0.4) is 0 Å². The van der Waals surface area contributed by atoms with Crippen LogP contribution < -0.4 is 9.64 Å². The van der Waals surface area contributed by atoms with E-state index in [1.165, 1.54) is 31.4 Å². The number of esters is 1. The lowest BCUT2D eigenvalue weighted by Gasteiger charge is -2.16. The van der Waals surface area contributed by atoms with E-state index in [9.17, 15) is 19.6 Å². The Morgan fingerprint density at radius 2 is 1.68 bits per heavy atom. The van der Waals surface area contributed by atoms with Crippen LogP contribution >= 0.6 is 11.8 Å². The van der Waals surface area contributed by atoms with Crippen LogP contribution in [0.25, 0.3) is 22.4 Å². The molecule has 4 aromatic rings. The lowest BCUT2D eigenvalue weighted by Crippen LogP contribution is -2.31. The number of methoxy groups -OCH3 is 2. The lowest BCUT2D eigenvalue weighted by molar-refractivity contribution is -0.121. The highest BCUT2D eigenvalue weighted by Gasteiger charge is 2.41. The normalized spacial score (nSPS) is 14.6. The molecule has 1 aromatic heterocycles. The average molecular weight is 550 g/mol. The van der Waals surface area contributed by atoms with Crippen LogP contribution in [0.4, 0.5) is 5.69 Å². The van der Waals surface area contributed by atoms with Crippen LogP contribution in [0.2, 0.25) is 0 Å². The molecular weight excluding hydrogens is 526 g/mol. The van der Waals surface area contributed by atoms with E-state index in [0.29, 0.717) is 38.8 Å². The van der Waals surface area contributed by atoms with Crippen LogP contribution in [-0.4, -0.2) is 42.2 Å². The minimum atomic E-state index is -0.776. The van der Waals surface area contributed by atoms with Gasteiger partial charge < -0.3 is 9.47 Å². The molecule has 8 nitrogen and oxygen atoms in total. The molecule has 1 fully saturated rings. The highest BCUT2D eigenvalue weighted by atomic mass is 32.2. The van der Waals surface area contributed by atoms with Gasteiger partial charge in [0, 0.05) is 17.5 Å². The molecule has 198 valence electrons. The van der Waals surface area contributed by atoms with Gasteiger partial charge in [-0.25, -0.2) is 14.7 Å². The lowest BCUT2D eigenvalue weighted by atomic mass is 9.99. The van der Waals surface area contributed by atoms with Gasteiger partial charge in [0.15, 0.2) is 0 Å². The monoisotopic (exact) mass is 549 g/mol. The number of amides is 2. The van der Waals surface area contributed by atoms with Crippen LogP contribution in [-0.2, 0) is 14.3 Å². The zero-order valence-electron chi connectivity index (χ0n) is 21.7. The number of thioether (sulfide) groups is 1. The number of carbonyl (C=O) groups excluding carboxylic acids is 3. The fourth-order valence-corrected chi connectivity index (χ4v) is 5.56. The van der Waals surface area contributed by atoms with Crippen molar-refractivity contribution in [3.63, 3.8) is 0 Å². The van der Waals surface area contributed by atoms with Crippen molar-refractivity contribution < 1.29 is 23.9 Å². The van der Waals surface area contributed by atoms with E-state index in [2.05, 4.69) is 6.07 Å². The maximum Gasteiger partial charge on any atom is 0.337 e. The van der Waals surface area contributed by atoms with Crippen molar-refractivity contribution in [1.29, 1.82) is 5.26 Å². The summed E-state index contributed by atoms with van der Waals surface area (Å²) < 4.78 is 10.00.